The van der Waals surface area contributed by atoms with Crippen molar-refractivity contribution in [1.82, 2.24) is 15.1 Å². The van der Waals surface area contributed by atoms with E-state index in [1.54, 1.807) is 10.9 Å². The quantitative estimate of drug-likeness (QED) is 0.733. The molecule has 1 aromatic heterocycles. The highest BCUT2D eigenvalue weighted by atomic mass is 16.7. The fourth-order valence-corrected chi connectivity index (χ4v) is 2.01. The van der Waals surface area contributed by atoms with Crippen LogP contribution in [0.4, 0.5) is 10.5 Å². The molecular weight excluding hydrogens is 296 g/mol. The van der Waals surface area contributed by atoms with E-state index in [1.165, 1.54) is 0 Å². The molecule has 7 nitrogen and oxygen atoms in total. The largest absolute Gasteiger partial charge is 0.351 e. The van der Waals surface area contributed by atoms with E-state index in [4.69, 9.17) is 9.47 Å². The Balaban J connectivity index is 1.83. The minimum absolute atomic E-state index is 0.291. The van der Waals surface area contributed by atoms with Gasteiger partial charge in [-0.1, -0.05) is 0 Å². The van der Waals surface area contributed by atoms with E-state index < -0.39 is 6.29 Å². The molecule has 2 aromatic rings. The van der Waals surface area contributed by atoms with Crippen LogP contribution in [-0.4, -0.2) is 41.9 Å². The maximum Gasteiger partial charge on any atom is 0.319 e. The first-order valence-corrected chi connectivity index (χ1v) is 7.61. The number of nitrogens with zero attached hydrogens (tertiary/aromatic N) is 2. The molecule has 1 aromatic carbocycles. The second-order valence-electron chi connectivity index (χ2n) is 4.67. The van der Waals surface area contributed by atoms with Crippen LogP contribution in [0.15, 0.2) is 42.7 Å². The number of urea groups is 1. The zero-order chi connectivity index (χ0) is 16.5. The van der Waals surface area contributed by atoms with E-state index in [0.717, 1.165) is 5.69 Å². The van der Waals surface area contributed by atoms with Crippen molar-refractivity contribution >= 4 is 11.7 Å². The van der Waals surface area contributed by atoms with Gasteiger partial charge in [0.1, 0.15) is 0 Å². The summed E-state index contributed by atoms with van der Waals surface area (Å²) in [4.78, 5) is 11.9. The Kier molecular flexibility index (Phi) is 6.58. The lowest BCUT2D eigenvalue weighted by Gasteiger charge is -2.17. The molecule has 2 N–H and O–H groups in total. The van der Waals surface area contributed by atoms with E-state index in [9.17, 15) is 4.79 Å². The normalized spacial score (nSPS) is 10.7. The SMILES string of the molecule is CCOC(CNC(=O)Nc1ccc(-n2cccn2)cc1)OCC. The van der Waals surface area contributed by atoms with Crippen molar-refractivity contribution in [2.24, 2.45) is 0 Å². The molecule has 0 atom stereocenters. The zero-order valence-corrected chi connectivity index (χ0v) is 13.4. The van der Waals surface area contributed by atoms with Crippen molar-refractivity contribution < 1.29 is 14.3 Å². The fraction of sp³-hybridized carbons (Fsp3) is 0.375. The molecule has 0 aliphatic heterocycles. The van der Waals surface area contributed by atoms with Crippen molar-refractivity contribution in [3.05, 3.63) is 42.7 Å². The van der Waals surface area contributed by atoms with Gasteiger partial charge in [-0.25, -0.2) is 9.48 Å². The van der Waals surface area contributed by atoms with E-state index >= 15 is 0 Å². The van der Waals surface area contributed by atoms with Gasteiger partial charge in [-0.3, -0.25) is 0 Å². The molecule has 0 radical (unpaired) electrons. The van der Waals surface area contributed by atoms with Gasteiger partial charge >= 0.3 is 6.03 Å². The minimum atomic E-state index is -0.432. The summed E-state index contributed by atoms with van der Waals surface area (Å²) in [7, 11) is 0. The van der Waals surface area contributed by atoms with Crippen LogP contribution in [0.2, 0.25) is 0 Å². The molecule has 0 saturated heterocycles. The smallest absolute Gasteiger partial charge is 0.319 e. The van der Waals surface area contributed by atoms with Crippen molar-refractivity contribution in [3.8, 4) is 5.69 Å². The van der Waals surface area contributed by atoms with Gasteiger partial charge in [0.25, 0.3) is 0 Å². The predicted octanol–water partition coefficient (Wildman–Crippen LogP) is 2.39. The van der Waals surface area contributed by atoms with Crippen molar-refractivity contribution in [3.63, 3.8) is 0 Å². The average molecular weight is 318 g/mol. The van der Waals surface area contributed by atoms with E-state index in [-0.39, 0.29) is 6.03 Å². The standard InChI is InChI=1S/C16H22N4O3/c1-3-22-15(23-4-2)12-17-16(21)19-13-6-8-14(9-7-13)20-11-5-10-18-20/h5-11,15H,3-4,12H2,1-2H3,(H2,17,19,21). The number of anilines is 1. The minimum Gasteiger partial charge on any atom is -0.351 e. The van der Waals surface area contributed by atoms with E-state index in [1.807, 2.05) is 50.4 Å². The molecule has 0 saturated carbocycles. The summed E-state index contributed by atoms with van der Waals surface area (Å²) < 4.78 is 12.5. The molecule has 23 heavy (non-hydrogen) atoms. The summed E-state index contributed by atoms with van der Waals surface area (Å²) in [5, 5.41) is 9.64. The van der Waals surface area contributed by atoms with Crippen molar-refractivity contribution in [1.29, 1.82) is 0 Å². The Labute approximate surface area is 135 Å². The van der Waals surface area contributed by atoms with Crippen LogP contribution in [0.25, 0.3) is 5.69 Å². The van der Waals surface area contributed by atoms with Crippen LogP contribution in [0.3, 0.4) is 0 Å². The highest BCUT2D eigenvalue weighted by molar-refractivity contribution is 5.89. The van der Waals surface area contributed by atoms with Crippen LogP contribution in [0.1, 0.15) is 13.8 Å². The number of ether oxygens (including phenoxy) is 2. The molecule has 1 heterocycles. The van der Waals surface area contributed by atoms with Gasteiger partial charge in [-0.2, -0.15) is 5.10 Å². The van der Waals surface area contributed by atoms with Gasteiger partial charge in [0.15, 0.2) is 6.29 Å². The molecule has 2 rings (SSSR count). The van der Waals surface area contributed by atoms with Gasteiger partial charge in [0.2, 0.25) is 0 Å². The Bertz CT molecular complexity index is 578. The average Bonchev–Trinajstić information content (AvgIpc) is 3.08. The molecule has 0 bridgehead atoms. The Morgan fingerprint density at radius 2 is 1.91 bits per heavy atom. The molecule has 0 aliphatic carbocycles. The number of amides is 2. The topological polar surface area (TPSA) is 77.4 Å². The van der Waals surface area contributed by atoms with Crippen LogP contribution in [-0.2, 0) is 9.47 Å². The van der Waals surface area contributed by atoms with Crippen LogP contribution >= 0.6 is 0 Å². The molecule has 0 spiro atoms. The molecule has 7 heteroatoms. The van der Waals surface area contributed by atoms with Gasteiger partial charge in [-0.05, 0) is 44.2 Å². The monoisotopic (exact) mass is 318 g/mol. The maximum absolute atomic E-state index is 11.9. The summed E-state index contributed by atoms with van der Waals surface area (Å²) in [6.45, 7) is 5.12. The number of rotatable bonds is 8. The third-order valence-corrected chi connectivity index (χ3v) is 3.03. The van der Waals surface area contributed by atoms with Crippen LogP contribution in [0.5, 0.6) is 0 Å². The molecule has 0 fully saturated rings. The van der Waals surface area contributed by atoms with E-state index in [2.05, 4.69) is 15.7 Å². The summed E-state index contributed by atoms with van der Waals surface area (Å²) >= 11 is 0. The van der Waals surface area contributed by atoms with Crippen molar-refractivity contribution in [2.75, 3.05) is 25.1 Å². The van der Waals surface area contributed by atoms with E-state index in [0.29, 0.717) is 25.4 Å². The number of aromatic nitrogens is 2. The second-order valence-corrected chi connectivity index (χ2v) is 4.67. The summed E-state index contributed by atoms with van der Waals surface area (Å²) in [5.74, 6) is 0. The number of carbonyl (C=O) groups is 1. The zero-order valence-electron chi connectivity index (χ0n) is 13.4. The first-order valence-electron chi connectivity index (χ1n) is 7.61. The lowest BCUT2D eigenvalue weighted by atomic mass is 10.3. The van der Waals surface area contributed by atoms with Crippen LogP contribution < -0.4 is 10.6 Å². The van der Waals surface area contributed by atoms with Gasteiger partial charge in [0.05, 0.1) is 12.2 Å². The van der Waals surface area contributed by atoms with Gasteiger partial charge in [-0.15, -0.1) is 0 Å². The summed E-state index contributed by atoms with van der Waals surface area (Å²) in [6.07, 6.45) is 3.14. The Morgan fingerprint density at radius 1 is 1.22 bits per heavy atom. The molecule has 0 unspecified atom stereocenters. The fourth-order valence-electron chi connectivity index (χ4n) is 2.01. The molecule has 0 aliphatic rings. The van der Waals surface area contributed by atoms with Gasteiger partial charge in [0, 0.05) is 31.3 Å². The Hall–Kier alpha value is -2.38. The number of benzene rings is 1. The first kappa shape index (κ1) is 17.0. The lowest BCUT2D eigenvalue weighted by Crippen LogP contribution is -2.37. The summed E-state index contributed by atoms with van der Waals surface area (Å²) in [6, 6.07) is 8.95. The number of nitrogens with one attached hydrogen (secondary N) is 2. The maximum atomic E-state index is 11.9. The Morgan fingerprint density at radius 3 is 2.48 bits per heavy atom. The lowest BCUT2D eigenvalue weighted by molar-refractivity contribution is -0.131. The predicted molar refractivity (Wildman–Crippen MR) is 87.6 cm³/mol. The number of hydrogen-bond donors (Lipinski definition) is 2. The first-order chi connectivity index (χ1) is 11.2. The van der Waals surface area contributed by atoms with Crippen molar-refractivity contribution in [2.45, 2.75) is 20.1 Å². The number of carbonyl (C=O) groups excluding carboxylic acids is 1. The van der Waals surface area contributed by atoms with Gasteiger partial charge < -0.3 is 20.1 Å². The molecule has 2 amide bonds. The third-order valence-electron chi connectivity index (χ3n) is 3.03. The summed E-state index contributed by atoms with van der Waals surface area (Å²) in [5.41, 5.74) is 1.62. The number of hydrogen-bond acceptors (Lipinski definition) is 4. The second kappa shape index (κ2) is 8.92. The molecule has 124 valence electrons. The van der Waals surface area contributed by atoms with Crippen LogP contribution in [0, 0.1) is 0 Å². The molecular formula is C16H22N4O3. The highest BCUT2D eigenvalue weighted by Crippen LogP contribution is 2.12. The third kappa shape index (κ3) is 5.39. The highest BCUT2D eigenvalue weighted by Gasteiger charge is 2.10.